The zero-order chi connectivity index (χ0) is 9.23. The number of hydrogen-bond donors (Lipinski definition) is 0. The second-order valence-electron chi connectivity index (χ2n) is 2.48. The summed E-state index contributed by atoms with van der Waals surface area (Å²) in [6, 6.07) is 0. The molecule has 0 N–H and O–H groups in total. The van der Waals surface area contributed by atoms with Crippen molar-refractivity contribution >= 4 is 5.97 Å². The van der Waals surface area contributed by atoms with Gasteiger partial charge in [-0.05, 0) is 13.3 Å². The van der Waals surface area contributed by atoms with Crippen molar-refractivity contribution in [3.63, 3.8) is 0 Å². The van der Waals surface area contributed by atoms with Gasteiger partial charge in [0, 0.05) is 12.3 Å². The molecule has 12 heavy (non-hydrogen) atoms. The zero-order valence-electron chi connectivity index (χ0n) is 7.85. The van der Waals surface area contributed by atoms with Crippen molar-refractivity contribution in [3.05, 3.63) is 0 Å². The van der Waals surface area contributed by atoms with Crippen LogP contribution in [-0.4, -0.2) is 12.6 Å². The second kappa shape index (κ2) is 8.13. The van der Waals surface area contributed by atoms with Crippen LogP contribution in [-0.2, 0) is 9.53 Å². The molecule has 0 aromatic carbocycles. The Morgan fingerprint density at radius 2 is 2.08 bits per heavy atom. The third-order valence-electron chi connectivity index (χ3n) is 1.37. The maximum Gasteiger partial charge on any atom is 0.384 e. The molecule has 0 radical (unpaired) electrons. The van der Waals surface area contributed by atoms with Gasteiger partial charge in [0.2, 0.25) is 0 Å². The van der Waals surface area contributed by atoms with Gasteiger partial charge in [-0.1, -0.05) is 25.7 Å². The van der Waals surface area contributed by atoms with Crippen molar-refractivity contribution in [2.24, 2.45) is 0 Å². The Morgan fingerprint density at radius 3 is 2.67 bits per heavy atom. The Labute approximate surface area is 74.3 Å². The lowest BCUT2D eigenvalue weighted by Gasteiger charge is -1.91. The molecule has 0 unspecified atom stereocenters. The van der Waals surface area contributed by atoms with Crippen LogP contribution in [0.3, 0.4) is 0 Å². The zero-order valence-corrected chi connectivity index (χ0v) is 7.85. The minimum absolute atomic E-state index is 0.405. The smallest absolute Gasteiger partial charge is 0.384 e. The number of esters is 1. The van der Waals surface area contributed by atoms with E-state index in [4.69, 9.17) is 0 Å². The van der Waals surface area contributed by atoms with E-state index in [2.05, 4.69) is 23.5 Å². The molecular weight excluding hydrogens is 152 g/mol. The molecule has 0 spiro atoms. The molecule has 0 atom stereocenters. The average molecular weight is 168 g/mol. The lowest BCUT2D eigenvalue weighted by Crippen LogP contribution is -1.99. The summed E-state index contributed by atoms with van der Waals surface area (Å²) in [6.45, 7) is 4.32. The van der Waals surface area contributed by atoms with E-state index >= 15 is 0 Å². The Morgan fingerprint density at radius 1 is 1.33 bits per heavy atom. The van der Waals surface area contributed by atoms with Crippen LogP contribution in [0, 0.1) is 11.8 Å². The van der Waals surface area contributed by atoms with Crippen molar-refractivity contribution in [3.8, 4) is 11.8 Å². The van der Waals surface area contributed by atoms with Crippen LogP contribution < -0.4 is 0 Å². The van der Waals surface area contributed by atoms with E-state index in [0.717, 1.165) is 12.8 Å². The van der Waals surface area contributed by atoms with Crippen LogP contribution in [0.15, 0.2) is 0 Å². The highest BCUT2D eigenvalue weighted by Crippen LogP contribution is 1.96. The van der Waals surface area contributed by atoms with Crippen LogP contribution in [0.4, 0.5) is 0 Å². The fourth-order valence-electron chi connectivity index (χ4n) is 0.765. The molecule has 0 aliphatic heterocycles. The largest absolute Gasteiger partial charge is 0.456 e. The Hall–Kier alpha value is -0.970. The highest BCUT2D eigenvalue weighted by Gasteiger charge is 1.90. The summed E-state index contributed by atoms with van der Waals surface area (Å²) in [5, 5.41) is 0. The number of carbonyl (C=O) groups is 1. The highest BCUT2D eigenvalue weighted by atomic mass is 16.5. The van der Waals surface area contributed by atoms with Crippen LogP contribution in [0.5, 0.6) is 0 Å². The molecule has 0 amide bonds. The second-order valence-corrected chi connectivity index (χ2v) is 2.48. The first-order valence-electron chi connectivity index (χ1n) is 4.46. The highest BCUT2D eigenvalue weighted by molar-refractivity contribution is 5.88. The van der Waals surface area contributed by atoms with Gasteiger partial charge in [0.05, 0.1) is 6.61 Å². The molecular formula is C10H16O2. The Bertz CT molecular complexity index is 174. The molecule has 0 rings (SSSR count). The SMILES string of the molecule is CCCCCC#CC(=O)OCC. The fourth-order valence-corrected chi connectivity index (χ4v) is 0.765. The minimum atomic E-state index is -0.408. The number of ether oxygens (including phenoxy) is 1. The van der Waals surface area contributed by atoms with E-state index in [-0.39, 0.29) is 0 Å². The third kappa shape index (κ3) is 7.14. The normalized spacial score (nSPS) is 8.50. The first-order valence-corrected chi connectivity index (χ1v) is 4.46. The van der Waals surface area contributed by atoms with Crippen LogP contribution in [0.1, 0.15) is 39.5 Å². The topological polar surface area (TPSA) is 26.3 Å². The summed E-state index contributed by atoms with van der Waals surface area (Å²) in [5.41, 5.74) is 0. The summed E-state index contributed by atoms with van der Waals surface area (Å²) in [7, 11) is 0. The molecule has 0 saturated heterocycles. The van der Waals surface area contributed by atoms with Gasteiger partial charge in [0.15, 0.2) is 0 Å². The van der Waals surface area contributed by atoms with E-state index in [1.807, 2.05) is 0 Å². The maximum atomic E-state index is 10.7. The van der Waals surface area contributed by atoms with E-state index in [1.165, 1.54) is 12.8 Å². The van der Waals surface area contributed by atoms with Gasteiger partial charge in [-0.15, -0.1) is 0 Å². The van der Waals surface area contributed by atoms with Crippen molar-refractivity contribution < 1.29 is 9.53 Å². The number of hydrogen-bond acceptors (Lipinski definition) is 2. The van der Waals surface area contributed by atoms with E-state index in [1.54, 1.807) is 6.92 Å². The molecule has 68 valence electrons. The van der Waals surface area contributed by atoms with Gasteiger partial charge >= 0.3 is 5.97 Å². The molecule has 0 bridgehead atoms. The molecule has 0 aromatic rings. The quantitative estimate of drug-likeness (QED) is 0.278. The van der Waals surface area contributed by atoms with E-state index < -0.39 is 5.97 Å². The fraction of sp³-hybridized carbons (Fsp3) is 0.700. The van der Waals surface area contributed by atoms with Crippen molar-refractivity contribution in [2.45, 2.75) is 39.5 Å². The van der Waals surface area contributed by atoms with Gasteiger partial charge in [-0.2, -0.15) is 0 Å². The predicted molar refractivity (Wildman–Crippen MR) is 48.6 cm³/mol. The molecule has 0 aliphatic carbocycles. The van der Waals surface area contributed by atoms with Crippen LogP contribution in [0.2, 0.25) is 0 Å². The predicted octanol–water partition coefficient (Wildman–Crippen LogP) is 2.13. The number of unbranched alkanes of at least 4 members (excludes halogenated alkanes) is 3. The van der Waals surface area contributed by atoms with Gasteiger partial charge in [0.1, 0.15) is 0 Å². The first kappa shape index (κ1) is 11.0. The van der Waals surface area contributed by atoms with Crippen molar-refractivity contribution in [2.75, 3.05) is 6.61 Å². The monoisotopic (exact) mass is 168 g/mol. The maximum absolute atomic E-state index is 10.7. The summed E-state index contributed by atoms with van der Waals surface area (Å²) in [5.74, 6) is 4.80. The van der Waals surface area contributed by atoms with E-state index in [9.17, 15) is 4.79 Å². The minimum Gasteiger partial charge on any atom is -0.456 e. The number of carbonyl (C=O) groups excluding carboxylic acids is 1. The molecule has 0 heterocycles. The van der Waals surface area contributed by atoms with E-state index in [0.29, 0.717) is 6.61 Å². The number of rotatable bonds is 4. The first-order chi connectivity index (χ1) is 5.81. The standard InChI is InChI=1S/C10H16O2/c1-3-5-6-7-8-9-10(11)12-4-2/h3-7H2,1-2H3. The Kier molecular flexibility index (Phi) is 7.47. The molecule has 0 saturated carbocycles. The van der Waals surface area contributed by atoms with Gasteiger partial charge in [-0.3, -0.25) is 0 Å². The average Bonchev–Trinajstić information content (AvgIpc) is 2.05. The molecule has 2 heteroatoms. The van der Waals surface area contributed by atoms with Gasteiger partial charge < -0.3 is 4.74 Å². The van der Waals surface area contributed by atoms with Crippen molar-refractivity contribution in [1.29, 1.82) is 0 Å². The summed E-state index contributed by atoms with van der Waals surface area (Å²) in [6.07, 6.45) is 4.23. The summed E-state index contributed by atoms with van der Waals surface area (Å²) < 4.78 is 4.64. The molecule has 0 aromatic heterocycles. The van der Waals surface area contributed by atoms with Crippen LogP contribution in [0.25, 0.3) is 0 Å². The lowest BCUT2D eigenvalue weighted by atomic mass is 10.2. The lowest BCUT2D eigenvalue weighted by molar-refractivity contribution is -0.136. The molecule has 0 aliphatic rings. The van der Waals surface area contributed by atoms with Crippen LogP contribution >= 0.6 is 0 Å². The van der Waals surface area contributed by atoms with Crippen molar-refractivity contribution in [1.82, 2.24) is 0 Å². The summed E-state index contributed by atoms with van der Waals surface area (Å²) >= 11 is 0. The summed E-state index contributed by atoms with van der Waals surface area (Å²) in [4.78, 5) is 10.7. The Balaban J connectivity index is 3.38. The molecule has 2 nitrogen and oxygen atoms in total. The van der Waals surface area contributed by atoms with Gasteiger partial charge in [-0.25, -0.2) is 4.79 Å². The third-order valence-corrected chi connectivity index (χ3v) is 1.37. The van der Waals surface area contributed by atoms with Gasteiger partial charge in [0.25, 0.3) is 0 Å². The molecule has 0 fully saturated rings.